The summed E-state index contributed by atoms with van der Waals surface area (Å²) in [6.45, 7) is 3.19. The lowest BCUT2D eigenvalue weighted by Gasteiger charge is -2.16. The Balaban J connectivity index is 1.84. The van der Waals surface area contributed by atoms with Crippen LogP contribution in [0.3, 0.4) is 0 Å². The van der Waals surface area contributed by atoms with Crippen LogP contribution in [-0.4, -0.2) is 36.3 Å². The Bertz CT molecular complexity index is 887. The van der Waals surface area contributed by atoms with Crippen LogP contribution >= 0.6 is 0 Å². The Labute approximate surface area is 152 Å². The topological polar surface area (TPSA) is 65.4 Å². The van der Waals surface area contributed by atoms with Crippen LogP contribution in [0, 0.1) is 0 Å². The Morgan fingerprint density at radius 1 is 1.15 bits per heavy atom. The van der Waals surface area contributed by atoms with Gasteiger partial charge in [-0.25, -0.2) is 4.98 Å². The molecule has 1 aromatic heterocycles. The van der Waals surface area contributed by atoms with E-state index in [2.05, 4.69) is 9.88 Å². The molecule has 1 unspecified atom stereocenters. The van der Waals surface area contributed by atoms with E-state index in [-0.39, 0.29) is 11.9 Å². The average molecular weight is 353 g/mol. The quantitative estimate of drug-likeness (QED) is 0.708. The highest BCUT2D eigenvalue weighted by molar-refractivity contribution is 5.94. The fourth-order valence-corrected chi connectivity index (χ4v) is 2.93. The summed E-state index contributed by atoms with van der Waals surface area (Å²) in [5, 5.41) is 3.02. The lowest BCUT2D eigenvalue weighted by Crippen LogP contribution is -2.29. The molecule has 0 aliphatic carbocycles. The van der Waals surface area contributed by atoms with Gasteiger partial charge in [-0.05, 0) is 43.3 Å². The molecule has 0 bridgehead atoms. The van der Waals surface area contributed by atoms with Crippen LogP contribution in [-0.2, 0) is 11.3 Å². The molecule has 0 spiro atoms. The molecule has 1 heterocycles. The van der Waals surface area contributed by atoms with Gasteiger partial charge in [-0.1, -0.05) is 12.1 Å². The molecule has 3 aromatic rings. The average Bonchev–Trinajstić information content (AvgIpc) is 3.05. The Morgan fingerprint density at radius 3 is 2.58 bits per heavy atom. The maximum absolute atomic E-state index is 12.6. The van der Waals surface area contributed by atoms with Crippen LogP contribution < -0.4 is 10.1 Å². The van der Waals surface area contributed by atoms with Gasteiger partial charge in [0.2, 0.25) is 0 Å². The van der Waals surface area contributed by atoms with Crippen molar-refractivity contribution in [3.63, 3.8) is 0 Å². The molecule has 0 saturated carbocycles. The number of hydrogen-bond donors (Lipinski definition) is 1. The summed E-state index contributed by atoms with van der Waals surface area (Å²) in [5.41, 5.74) is 2.52. The standard InChI is InChI=1S/C20H23N3O3/c1-14(21-20(24)15-8-10-16(26-3)11-9-15)19-22-17-6-4-5-7-18(17)23(19)12-13-25-2/h4-11,14H,12-13H2,1-3H3,(H,21,24). The van der Waals surface area contributed by atoms with Crippen LogP contribution in [0.1, 0.15) is 29.1 Å². The van der Waals surface area contributed by atoms with Gasteiger partial charge in [-0.3, -0.25) is 4.79 Å². The van der Waals surface area contributed by atoms with Gasteiger partial charge < -0.3 is 19.4 Å². The maximum atomic E-state index is 12.6. The van der Waals surface area contributed by atoms with Crippen LogP contribution in [0.15, 0.2) is 48.5 Å². The molecule has 136 valence electrons. The van der Waals surface area contributed by atoms with Crippen molar-refractivity contribution in [2.75, 3.05) is 20.8 Å². The summed E-state index contributed by atoms with van der Waals surface area (Å²) < 4.78 is 12.4. The van der Waals surface area contributed by atoms with Crippen LogP contribution in [0.4, 0.5) is 0 Å². The van der Waals surface area contributed by atoms with Crippen molar-refractivity contribution >= 4 is 16.9 Å². The van der Waals surface area contributed by atoms with Gasteiger partial charge in [0.25, 0.3) is 5.91 Å². The number of benzene rings is 2. The third-order valence-electron chi connectivity index (χ3n) is 4.29. The lowest BCUT2D eigenvalue weighted by atomic mass is 10.2. The zero-order valence-electron chi connectivity index (χ0n) is 15.2. The fourth-order valence-electron chi connectivity index (χ4n) is 2.93. The number of carbonyl (C=O) groups is 1. The molecule has 1 N–H and O–H groups in total. The molecule has 2 aromatic carbocycles. The molecule has 0 saturated heterocycles. The SMILES string of the molecule is COCCn1c(C(C)NC(=O)c2ccc(OC)cc2)nc2ccccc21. The molecule has 0 radical (unpaired) electrons. The first-order valence-electron chi connectivity index (χ1n) is 8.53. The molecule has 1 atom stereocenters. The first-order valence-corrected chi connectivity index (χ1v) is 8.53. The van der Waals surface area contributed by atoms with E-state index < -0.39 is 0 Å². The van der Waals surface area contributed by atoms with Gasteiger partial charge >= 0.3 is 0 Å². The highest BCUT2D eigenvalue weighted by atomic mass is 16.5. The van der Waals surface area contributed by atoms with Crippen molar-refractivity contribution in [2.24, 2.45) is 0 Å². The summed E-state index contributed by atoms with van der Waals surface area (Å²) in [5.74, 6) is 1.38. The Morgan fingerprint density at radius 2 is 1.88 bits per heavy atom. The van der Waals surface area contributed by atoms with Gasteiger partial charge in [0.1, 0.15) is 11.6 Å². The van der Waals surface area contributed by atoms with E-state index in [0.29, 0.717) is 18.7 Å². The first kappa shape index (κ1) is 17.9. The fraction of sp³-hybridized carbons (Fsp3) is 0.300. The number of methoxy groups -OCH3 is 2. The predicted molar refractivity (Wildman–Crippen MR) is 100 cm³/mol. The molecular formula is C20H23N3O3. The van der Waals surface area contributed by atoms with E-state index >= 15 is 0 Å². The second-order valence-corrected chi connectivity index (χ2v) is 6.03. The number of carbonyl (C=O) groups excluding carboxylic acids is 1. The Hall–Kier alpha value is -2.86. The van der Waals surface area contributed by atoms with E-state index in [0.717, 1.165) is 22.6 Å². The van der Waals surface area contributed by atoms with E-state index in [1.807, 2.05) is 31.2 Å². The number of imidazole rings is 1. The molecule has 6 nitrogen and oxygen atoms in total. The lowest BCUT2D eigenvalue weighted by molar-refractivity contribution is 0.0937. The van der Waals surface area contributed by atoms with Gasteiger partial charge in [-0.15, -0.1) is 0 Å². The number of ether oxygens (including phenoxy) is 2. The van der Waals surface area contributed by atoms with Crippen molar-refractivity contribution in [1.29, 1.82) is 0 Å². The molecule has 0 aliphatic rings. The largest absolute Gasteiger partial charge is 0.497 e. The maximum Gasteiger partial charge on any atom is 0.251 e. The van der Waals surface area contributed by atoms with Crippen molar-refractivity contribution in [3.05, 3.63) is 59.9 Å². The monoisotopic (exact) mass is 353 g/mol. The summed E-state index contributed by atoms with van der Waals surface area (Å²) in [6, 6.07) is 14.7. The van der Waals surface area contributed by atoms with Crippen LogP contribution in [0.25, 0.3) is 11.0 Å². The minimum atomic E-state index is -0.242. The van der Waals surface area contributed by atoms with E-state index in [1.165, 1.54) is 0 Å². The molecule has 0 aliphatic heterocycles. The highest BCUT2D eigenvalue weighted by Crippen LogP contribution is 2.21. The van der Waals surface area contributed by atoms with Gasteiger partial charge in [0.15, 0.2) is 0 Å². The minimum absolute atomic E-state index is 0.148. The van der Waals surface area contributed by atoms with Crippen molar-refractivity contribution in [2.45, 2.75) is 19.5 Å². The van der Waals surface area contributed by atoms with Crippen LogP contribution in [0.5, 0.6) is 5.75 Å². The van der Waals surface area contributed by atoms with Gasteiger partial charge in [-0.2, -0.15) is 0 Å². The Kier molecular flexibility index (Phi) is 5.53. The second-order valence-electron chi connectivity index (χ2n) is 6.03. The summed E-state index contributed by atoms with van der Waals surface area (Å²) in [7, 11) is 3.27. The number of nitrogens with zero attached hydrogens (tertiary/aromatic N) is 2. The number of hydrogen-bond acceptors (Lipinski definition) is 4. The van der Waals surface area contributed by atoms with Crippen molar-refractivity contribution < 1.29 is 14.3 Å². The minimum Gasteiger partial charge on any atom is -0.497 e. The molecule has 1 amide bonds. The van der Waals surface area contributed by atoms with E-state index in [1.54, 1.807) is 38.5 Å². The normalized spacial score (nSPS) is 12.1. The van der Waals surface area contributed by atoms with E-state index in [4.69, 9.17) is 14.5 Å². The number of nitrogens with one attached hydrogen (secondary N) is 1. The van der Waals surface area contributed by atoms with E-state index in [9.17, 15) is 4.79 Å². The number of aromatic nitrogens is 2. The number of fused-ring (bicyclic) bond motifs is 1. The number of rotatable bonds is 7. The molecule has 26 heavy (non-hydrogen) atoms. The highest BCUT2D eigenvalue weighted by Gasteiger charge is 2.19. The van der Waals surface area contributed by atoms with Crippen LogP contribution in [0.2, 0.25) is 0 Å². The van der Waals surface area contributed by atoms with Crippen molar-refractivity contribution in [1.82, 2.24) is 14.9 Å². The molecule has 6 heteroatoms. The van der Waals surface area contributed by atoms with Gasteiger partial charge in [0.05, 0.1) is 30.8 Å². The number of para-hydroxylation sites is 2. The molecular weight excluding hydrogens is 330 g/mol. The molecule has 3 rings (SSSR count). The predicted octanol–water partition coefficient (Wildman–Crippen LogP) is 3.18. The number of amides is 1. The second kappa shape index (κ2) is 8.01. The third kappa shape index (κ3) is 3.70. The third-order valence-corrected chi connectivity index (χ3v) is 4.29. The summed E-state index contributed by atoms with van der Waals surface area (Å²) in [4.78, 5) is 17.3. The zero-order valence-corrected chi connectivity index (χ0v) is 15.2. The first-order chi connectivity index (χ1) is 12.6. The summed E-state index contributed by atoms with van der Waals surface area (Å²) >= 11 is 0. The molecule has 0 fully saturated rings. The van der Waals surface area contributed by atoms with Crippen molar-refractivity contribution in [3.8, 4) is 5.75 Å². The zero-order chi connectivity index (χ0) is 18.5. The van der Waals surface area contributed by atoms with Gasteiger partial charge in [0, 0.05) is 19.2 Å². The smallest absolute Gasteiger partial charge is 0.251 e. The summed E-state index contributed by atoms with van der Waals surface area (Å²) in [6.07, 6.45) is 0.